The van der Waals surface area contributed by atoms with Crippen LogP contribution in [0.25, 0.3) is 11.0 Å². The van der Waals surface area contributed by atoms with E-state index in [2.05, 4.69) is 54.7 Å². The van der Waals surface area contributed by atoms with Crippen LogP contribution in [0.1, 0.15) is 48.2 Å². The zero-order chi connectivity index (χ0) is 31.1. The van der Waals surface area contributed by atoms with Crippen LogP contribution in [0, 0.1) is 19.3 Å². The Balaban J connectivity index is 1.13. The van der Waals surface area contributed by atoms with Crippen molar-refractivity contribution in [3.8, 4) is 5.75 Å². The summed E-state index contributed by atoms with van der Waals surface area (Å²) in [5, 5.41) is 0. The quantitative estimate of drug-likeness (QED) is 0.288. The van der Waals surface area contributed by atoms with Gasteiger partial charge in [0.25, 0.3) is 5.82 Å². The molecule has 9 nitrogen and oxygen atoms in total. The molecule has 0 saturated carbocycles. The number of fused-ring (bicyclic) bond motifs is 1. The number of hydrogen-bond donors (Lipinski definition) is 1. The highest BCUT2D eigenvalue weighted by molar-refractivity contribution is 7.89. The van der Waals surface area contributed by atoms with Gasteiger partial charge in [-0.05, 0) is 99.5 Å². The molecule has 0 unspecified atom stereocenters. The molecule has 0 radical (unpaired) electrons. The van der Waals surface area contributed by atoms with Crippen LogP contribution < -0.4 is 14.2 Å². The average molecular weight is 618 g/mol. The third-order valence-corrected chi connectivity index (χ3v) is 12.1. The maximum atomic E-state index is 13.7. The van der Waals surface area contributed by atoms with Gasteiger partial charge in [-0.2, -0.15) is 4.31 Å². The van der Waals surface area contributed by atoms with Crippen LogP contribution in [0.3, 0.4) is 0 Å². The number of benzene rings is 2. The van der Waals surface area contributed by atoms with Crippen LogP contribution in [-0.2, 0) is 30.2 Å². The normalized spacial score (nSPS) is 17.5. The van der Waals surface area contributed by atoms with Crippen molar-refractivity contribution in [2.24, 2.45) is 12.5 Å². The number of imidazole rings is 1. The lowest BCUT2D eigenvalue weighted by Gasteiger charge is -2.47. The molecule has 44 heavy (non-hydrogen) atoms. The second kappa shape index (κ2) is 12.1. The Morgan fingerprint density at radius 3 is 2.27 bits per heavy atom. The molecule has 6 rings (SSSR count). The van der Waals surface area contributed by atoms with E-state index in [1.165, 1.54) is 41.2 Å². The standard InChI is InChI=1S/C34H44N6O3S/c1-25-21-29(43-5)22-26(2)33(25)44(41,42)37(3)24-31-36-32-27(7-6-8-30(32)38(31)4)23-39-17-11-34(12-18-39)13-19-40(20-14-34)28-9-15-35-16-10-28/h6-10,15-16,21-22H,11-14,17-20,23-24H2,1-5H3/p+1. The topological polar surface area (TPSA) is 85.6 Å². The molecule has 2 aliphatic heterocycles. The van der Waals surface area contributed by atoms with Crippen molar-refractivity contribution in [3.63, 3.8) is 0 Å². The Morgan fingerprint density at radius 2 is 1.64 bits per heavy atom. The van der Waals surface area contributed by atoms with Gasteiger partial charge < -0.3 is 9.64 Å². The zero-order valence-corrected chi connectivity index (χ0v) is 27.5. The molecular weight excluding hydrogens is 572 g/mol. The van der Waals surface area contributed by atoms with Crippen LogP contribution in [-0.4, -0.2) is 67.9 Å². The van der Waals surface area contributed by atoms with Gasteiger partial charge in [0.1, 0.15) is 12.3 Å². The number of aryl methyl sites for hydroxylation is 3. The van der Waals surface area contributed by atoms with Crippen molar-refractivity contribution in [2.75, 3.05) is 45.2 Å². The molecule has 10 heteroatoms. The summed E-state index contributed by atoms with van der Waals surface area (Å²) in [5.74, 6) is 1.51. The number of nitrogens with zero attached hydrogens (tertiary/aromatic N) is 5. The van der Waals surface area contributed by atoms with E-state index in [0.717, 1.165) is 49.6 Å². The van der Waals surface area contributed by atoms with Crippen molar-refractivity contribution >= 4 is 26.7 Å². The SMILES string of the molecule is COc1cc(C)c(S(=O)(=O)N(C)Cc2[nH]c3c(CN4CCC5(CC4)CCN(c4ccncc4)CC5)cccc3[n+]2C)c(C)c1. The number of methoxy groups -OCH3 is 1. The number of likely N-dealkylation sites (tertiary alicyclic amines) is 1. The van der Waals surface area contributed by atoms with Crippen LogP contribution >= 0.6 is 0 Å². The highest BCUT2D eigenvalue weighted by atomic mass is 32.2. The van der Waals surface area contributed by atoms with E-state index in [9.17, 15) is 8.42 Å². The van der Waals surface area contributed by atoms with E-state index in [0.29, 0.717) is 27.2 Å². The highest BCUT2D eigenvalue weighted by Crippen LogP contribution is 2.42. The smallest absolute Gasteiger partial charge is 0.270 e. The molecule has 4 heterocycles. The monoisotopic (exact) mass is 617 g/mol. The number of piperidine rings is 2. The molecule has 1 spiro atoms. The Labute approximate surface area is 261 Å². The summed E-state index contributed by atoms with van der Waals surface area (Å²) in [6.45, 7) is 9.20. The summed E-state index contributed by atoms with van der Waals surface area (Å²) in [7, 11) is 1.53. The fraction of sp³-hybridized carbons (Fsp3) is 0.471. The predicted octanol–water partition coefficient (Wildman–Crippen LogP) is 4.72. The molecular formula is C34H45N6O3S+. The Kier molecular flexibility index (Phi) is 8.43. The number of ether oxygens (including phenoxy) is 1. The van der Waals surface area contributed by atoms with Gasteiger partial charge in [-0.1, -0.05) is 12.1 Å². The number of sulfonamides is 1. The first-order valence-corrected chi connectivity index (χ1v) is 17.0. The number of anilines is 1. The lowest BCUT2D eigenvalue weighted by atomic mass is 9.71. The maximum absolute atomic E-state index is 13.7. The van der Waals surface area contributed by atoms with Crippen molar-refractivity contribution in [2.45, 2.75) is 57.5 Å². The fourth-order valence-electron chi connectivity index (χ4n) is 7.27. The largest absolute Gasteiger partial charge is 0.497 e. The van der Waals surface area contributed by atoms with Crippen LogP contribution in [0.4, 0.5) is 5.69 Å². The number of para-hydroxylation sites is 1. The molecule has 1 N–H and O–H groups in total. The third kappa shape index (κ3) is 5.82. The molecule has 4 aromatic rings. The van der Waals surface area contributed by atoms with Crippen LogP contribution in [0.2, 0.25) is 0 Å². The van der Waals surface area contributed by atoms with Gasteiger partial charge in [-0.3, -0.25) is 9.88 Å². The van der Waals surface area contributed by atoms with Gasteiger partial charge >= 0.3 is 0 Å². The number of pyridine rings is 1. The number of aromatic amines is 1. The number of rotatable bonds is 8. The second-order valence-corrected chi connectivity index (χ2v) is 14.7. The van der Waals surface area contributed by atoms with Crippen molar-refractivity contribution in [1.82, 2.24) is 19.2 Å². The Morgan fingerprint density at radius 1 is 1.00 bits per heavy atom. The first-order chi connectivity index (χ1) is 21.1. The highest BCUT2D eigenvalue weighted by Gasteiger charge is 2.38. The fourth-order valence-corrected chi connectivity index (χ4v) is 8.80. The molecule has 234 valence electrons. The zero-order valence-electron chi connectivity index (χ0n) is 26.6. The van der Waals surface area contributed by atoms with Crippen LogP contribution in [0.15, 0.2) is 59.8 Å². The summed E-state index contributed by atoms with van der Waals surface area (Å²) < 4.78 is 36.3. The summed E-state index contributed by atoms with van der Waals surface area (Å²) in [6, 6.07) is 14.2. The predicted molar refractivity (Wildman–Crippen MR) is 173 cm³/mol. The van der Waals surface area contributed by atoms with E-state index in [1.807, 2.05) is 33.3 Å². The molecule has 2 aliphatic rings. The average Bonchev–Trinajstić information content (AvgIpc) is 3.34. The third-order valence-electron chi connectivity index (χ3n) is 10.0. The number of H-pyrrole nitrogens is 1. The summed E-state index contributed by atoms with van der Waals surface area (Å²) >= 11 is 0. The molecule has 0 aliphatic carbocycles. The van der Waals surface area contributed by atoms with E-state index < -0.39 is 10.0 Å². The van der Waals surface area contributed by atoms with E-state index in [1.54, 1.807) is 26.3 Å². The van der Waals surface area contributed by atoms with Gasteiger partial charge in [0, 0.05) is 50.3 Å². The Bertz CT molecular complexity index is 1710. The molecule has 2 fully saturated rings. The number of hydrogen-bond acceptors (Lipinski definition) is 6. The molecule has 2 aromatic carbocycles. The van der Waals surface area contributed by atoms with E-state index in [-0.39, 0.29) is 6.54 Å². The van der Waals surface area contributed by atoms with Crippen molar-refractivity contribution < 1.29 is 17.7 Å². The lowest BCUT2D eigenvalue weighted by Crippen LogP contribution is -2.46. The molecule has 0 amide bonds. The minimum Gasteiger partial charge on any atom is -0.497 e. The summed E-state index contributed by atoms with van der Waals surface area (Å²) in [5.41, 5.74) is 6.51. The van der Waals surface area contributed by atoms with Gasteiger partial charge in [0.2, 0.25) is 10.0 Å². The summed E-state index contributed by atoms with van der Waals surface area (Å²) in [6.07, 6.45) is 8.75. The maximum Gasteiger partial charge on any atom is 0.270 e. The molecule has 2 aromatic heterocycles. The van der Waals surface area contributed by atoms with Gasteiger partial charge in [-0.25, -0.2) is 18.0 Å². The number of aromatic nitrogens is 3. The Hall–Kier alpha value is -3.47. The first kappa shape index (κ1) is 30.6. The second-order valence-electron chi connectivity index (χ2n) is 12.8. The van der Waals surface area contributed by atoms with Gasteiger partial charge in [0.05, 0.1) is 19.1 Å². The van der Waals surface area contributed by atoms with Gasteiger partial charge in [0.15, 0.2) is 11.0 Å². The first-order valence-electron chi connectivity index (χ1n) is 15.6. The van der Waals surface area contributed by atoms with E-state index in [4.69, 9.17) is 4.74 Å². The van der Waals surface area contributed by atoms with Gasteiger partial charge in [-0.15, -0.1) is 0 Å². The molecule has 2 saturated heterocycles. The summed E-state index contributed by atoms with van der Waals surface area (Å²) in [4.78, 5) is 13.2. The van der Waals surface area contributed by atoms with Crippen LogP contribution in [0.5, 0.6) is 5.75 Å². The lowest BCUT2D eigenvalue weighted by molar-refractivity contribution is -0.653. The number of nitrogens with one attached hydrogen (secondary N) is 1. The minimum atomic E-state index is -3.71. The minimum absolute atomic E-state index is 0.237. The van der Waals surface area contributed by atoms with Crippen molar-refractivity contribution in [1.29, 1.82) is 0 Å². The van der Waals surface area contributed by atoms with Crippen molar-refractivity contribution in [3.05, 3.63) is 77.4 Å². The molecule has 0 bridgehead atoms. The van der Waals surface area contributed by atoms with E-state index >= 15 is 0 Å². The molecule has 0 atom stereocenters.